The molecule has 0 aromatic rings. The van der Waals surface area contributed by atoms with Gasteiger partial charge in [-0.05, 0) is 6.92 Å². The van der Waals surface area contributed by atoms with Gasteiger partial charge in [-0.25, -0.2) is 0 Å². The van der Waals surface area contributed by atoms with E-state index >= 15 is 0 Å². The van der Waals surface area contributed by atoms with Crippen molar-refractivity contribution in [3.63, 3.8) is 0 Å². The van der Waals surface area contributed by atoms with Crippen molar-refractivity contribution in [1.29, 1.82) is 10.5 Å². The van der Waals surface area contributed by atoms with Crippen LogP contribution in [-0.4, -0.2) is 10.4 Å². The summed E-state index contributed by atoms with van der Waals surface area (Å²) in [6.07, 6.45) is 0. The standard InChI is InChI=1S/C5H4N2O.CH2Cl2.Cl5P/c1-4(8)5(2-6)3-7;2-1-3;1-6(2,3,4)5/h8H,1H3;1H2;. The second kappa shape index (κ2) is 10.9. The Bertz CT molecular complexity index is 298. The van der Waals surface area contributed by atoms with Gasteiger partial charge in [0.05, 0.1) is 5.34 Å². The van der Waals surface area contributed by atoms with Gasteiger partial charge in [-0.2, -0.15) is 10.5 Å². The third-order valence-corrected chi connectivity index (χ3v) is 0.585. The van der Waals surface area contributed by atoms with Crippen molar-refractivity contribution < 1.29 is 5.11 Å². The van der Waals surface area contributed by atoms with E-state index in [1.165, 1.54) is 19.1 Å². The van der Waals surface area contributed by atoms with Gasteiger partial charge in [0.25, 0.3) is 0 Å². The van der Waals surface area contributed by atoms with Crippen LogP contribution in [0, 0.1) is 22.7 Å². The zero-order chi connectivity index (χ0) is 14.7. The number of hydrogen-bond donors (Lipinski definition) is 1. The Balaban J connectivity index is -0.000000193. The molecule has 0 heterocycles. The summed E-state index contributed by atoms with van der Waals surface area (Å²) in [7, 11) is 0. The number of aliphatic hydroxyl groups is 1. The van der Waals surface area contributed by atoms with Crippen molar-refractivity contribution in [2.45, 2.75) is 6.92 Å². The molecule has 0 bridgehead atoms. The molecule has 0 spiro atoms. The Hall–Kier alpha value is 0.980. The molecular formula is C6H6Cl7N2OP. The van der Waals surface area contributed by atoms with Crippen molar-refractivity contribution in [1.82, 2.24) is 0 Å². The van der Waals surface area contributed by atoms with Crippen molar-refractivity contribution in [2.75, 3.05) is 5.34 Å². The first-order valence-corrected chi connectivity index (χ1v) is 11.1. The number of aliphatic hydroxyl groups excluding tert-OH is 1. The predicted molar refractivity (Wildman–Crippen MR) is 79.3 cm³/mol. The van der Waals surface area contributed by atoms with E-state index in [0.29, 0.717) is 0 Å². The quantitative estimate of drug-likeness (QED) is 0.215. The average molecular weight is 401 g/mol. The van der Waals surface area contributed by atoms with E-state index in [2.05, 4.69) is 0 Å². The third kappa shape index (κ3) is 47.3. The Kier molecular flexibility index (Phi) is 14.8. The summed E-state index contributed by atoms with van der Waals surface area (Å²) in [6, 6.07) is 3.04. The maximum atomic E-state index is 8.45. The van der Waals surface area contributed by atoms with Crippen molar-refractivity contribution in [3.8, 4) is 12.1 Å². The van der Waals surface area contributed by atoms with Crippen LogP contribution in [-0.2, 0) is 0 Å². The number of rotatable bonds is 0. The molecule has 0 rings (SSSR count). The first-order chi connectivity index (χ1) is 7.37. The van der Waals surface area contributed by atoms with E-state index in [0.717, 1.165) is 0 Å². The molecule has 0 saturated carbocycles. The minimum atomic E-state index is -3.69. The van der Waals surface area contributed by atoms with E-state index in [4.69, 9.17) is 95.0 Å². The van der Waals surface area contributed by atoms with Gasteiger partial charge in [0.15, 0.2) is 5.57 Å². The van der Waals surface area contributed by atoms with Gasteiger partial charge in [0.2, 0.25) is 0 Å². The van der Waals surface area contributed by atoms with Crippen LogP contribution in [0.1, 0.15) is 6.92 Å². The van der Waals surface area contributed by atoms with Crippen molar-refractivity contribution in [3.05, 3.63) is 11.3 Å². The van der Waals surface area contributed by atoms with Gasteiger partial charge < -0.3 is 5.11 Å². The number of hydrogen-bond acceptors (Lipinski definition) is 3. The molecule has 0 aromatic carbocycles. The molecule has 1 N–H and O–H groups in total. The van der Waals surface area contributed by atoms with E-state index < -0.39 is 3.37 Å². The van der Waals surface area contributed by atoms with Gasteiger partial charge in [0.1, 0.15) is 17.9 Å². The molecule has 100 valence electrons. The summed E-state index contributed by atoms with van der Waals surface area (Å²) in [6.45, 7) is 1.29. The van der Waals surface area contributed by atoms with Gasteiger partial charge >= 0.3 is 59.6 Å². The Morgan fingerprint density at radius 3 is 1.24 bits per heavy atom. The van der Waals surface area contributed by atoms with Crippen molar-refractivity contribution in [2.24, 2.45) is 0 Å². The number of nitriles is 2. The molecule has 0 saturated heterocycles. The Morgan fingerprint density at radius 2 is 1.24 bits per heavy atom. The second-order valence-corrected chi connectivity index (χ2v) is 19.3. The molecule has 17 heavy (non-hydrogen) atoms. The number of alkyl halides is 2. The SMILES string of the molecule is CC(O)=C(C#N)C#N.ClCCl.ClP(Cl)(Cl)(Cl)Cl. The predicted octanol–water partition coefficient (Wildman–Crippen LogP) is 6.60. The summed E-state index contributed by atoms with van der Waals surface area (Å²) >= 11 is 34.4. The first kappa shape index (κ1) is 23.1. The van der Waals surface area contributed by atoms with Gasteiger partial charge in [-0.15, -0.1) is 23.2 Å². The van der Waals surface area contributed by atoms with Crippen LogP contribution in [0.25, 0.3) is 0 Å². The first-order valence-electron chi connectivity index (χ1n) is 3.30. The average Bonchev–Trinajstić information content (AvgIpc) is 2.02. The fourth-order valence-electron chi connectivity index (χ4n) is 0.187. The summed E-state index contributed by atoms with van der Waals surface area (Å²) in [5.74, 6) is -0.227. The molecule has 0 aliphatic carbocycles. The van der Waals surface area contributed by atoms with Gasteiger partial charge in [0, 0.05) is 0 Å². The molecule has 0 aliphatic rings. The molecule has 0 aliphatic heterocycles. The number of halogens is 7. The van der Waals surface area contributed by atoms with E-state index in [1.807, 2.05) is 0 Å². The Morgan fingerprint density at radius 1 is 1.06 bits per heavy atom. The monoisotopic (exact) mass is 398 g/mol. The van der Waals surface area contributed by atoms with Crippen LogP contribution >= 0.6 is 82.8 Å². The summed E-state index contributed by atoms with van der Waals surface area (Å²) in [5, 5.41) is 24.7. The molecule has 0 aromatic heterocycles. The van der Waals surface area contributed by atoms with Crippen LogP contribution in [0.2, 0.25) is 0 Å². The van der Waals surface area contributed by atoms with Crippen LogP contribution in [0.3, 0.4) is 0 Å². The van der Waals surface area contributed by atoms with Gasteiger partial charge in [-0.3, -0.25) is 0 Å². The molecule has 0 unspecified atom stereocenters. The van der Waals surface area contributed by atoms with Crippen LogP contribution < -0.4 is 0 Å². The zero-order valence-electron chi connectivity index (χ0n) is 8.14. The zero-order valence-corrected chi connectivity index (χ0v) is 14.3. The minimum absolute atomic E-state index is 0.194. The maximum absolute atomic E-state index is 8.45. The second-order valence-electron chi connectivity index (χ2n) is 1.92. The topological polar surface area (TPSA) is 67.8 Å². The van der Waals surface area contributed by atoms with Crippen molar-refractivity contribution >= 4 is 82.8 Å². The molecule has 3 nitrogen and oxygen atoms in total. The van der Waals surface area contributed by atoms with E-state index in [-0.39, 0.29) is 16.7 Å². The molecule has 11 heteroatoms. The normalized spacial score (nSPS) is 10.8. The summed E-state index contributed by atoms with van der Waals surface area (Å²) in [5.41, 5.74) is -0.231. The molecular weight excluding hydrogens is 395 g/mol. The fourth-order valence-corrected chi connectivity index (χ4v) is 0.187. The van der Waals surface area contributed by atoms with Crippen LogP contribution in [0.4, 0.5) is 0 Å². The van der Waals surface area contributed by atoms with E-state index in [9.17, 15) is 0 Å². The molecule has 0 amide bonds. The summed E-state index contributed by atoms with van der Waals surface area (Å²) in [4.78, 5) is 0. The van der Waals surface area contributed by atoms with E-state index in [1.54, 1.807) is 0 Å². The summed E-state index contributed by atoms with van der Waals surface area (Å²) < 4.78 is -3.69. The third-order valence-electron chi connectivity index (χ3n) is 0.585. The number of nitrogens with zero attached hydrogens (tertiary/aromatic N) is 2. The molecule has 0 atom stereocenters. The van der Waals surface area contributed by atoms with Crippen LogP contribution in [0.15, 0.2) is 11.3 Å². The fraction of sp³-hybridized carbons (Fsp3) is 0.333. The Labute approximate surface area is 133 Å². The van der Waals surface area contributed by atoms with Gasteiger partial charge in [-0.1, -0.05) is 0 Å². The molecule has 0 fully saturated rings. The van der Waals surface area contributed by atoms with Crippen LogP contribution in [0.5, 0.6) is 0 Å². The number of allylic oxidation sites excluding steroid dienone is 2. The molecule has 0 radical (unpaired) electrons.